The van der Waals surface area contributed by atoms with Crippen molar-refractivity contribution >= 4 is 50.6 Å². The van der Waals surface area contributed by atoms with E-state index in [2.05, 4.69) is 15.3 Å². The second kappa shape index (κ2) is 8.69. The van der Waals surface area contributed by atoms with Gasteiger partial charge in [-0.25, -0.2) is 14.8 Å². The number of aromatic hydroxyl groups is 1. The zero-order valence-corrected chi connectivity index (χ0v) is 17.6. The molecule has 0 bridgehead atoms. The number of fused-ring (bicyclic) bond motifs is 1. The molecule has 0 saturated carbocycles. The van der Waals surface area contributed by atoms with Crippen molar-refractivity contribution in [1.82, 2.24) is 9.97 Å². The second-order valence-corrected chi connectivity index (χ2v) is 8.05. The van der Waals surface area contributed by atoms with Crippen LogP contribution in [0.15, 0.2) is 54.9 Å². The molecule has 0 fully saturated rings. The fourth-order valence-electron chi connectivity index (χ4n) is 3.07. The van der Waals surface area contributed by atoms with E-state index in [1.54, 1.807) is 12.1 Å². The van der Waals surface area contributed by atoms with Gasteiger partial charge in [-0.3, -0.25) is 0 Å². The zero-order chi connectivity index (χ0) is 21.1. The number of carbonyl (C=O) groups is 1. The van der Waals surface area contributed by atoms with Crippen LogP contribution in [0.5, 0.6) is 5.75 Å². The van der Waals surface area contributed by atoms with Crippen LogP contribution in [0.3, 0.4) is 0 Å². The molecule has 152 valence electrons. The Hall–Kier alpha value is -3.16. The Morgan fingerprint density at radius 2 is 2.00 bits per heavy atom. The third-order valence-corrected chi connectivity index (χ3v) is 6.01. The molecule has 0 aliphatic heterocycles. The quantitative estimate of drug-likeness (QED) is 0.305. The van der Waals surface area contributed by atoms with Gasteiger partial charge >= 0.3 is 5.97 Å². The molecule has 4 aromatic rings. The second-order valence-electron chi connectivity index (χ2n) is 6.62. The number of ether oxygens (including phenoxy) is 1. The van der Waals surface area contributed by atoms with Gasteiger partial charge in [0.15, 0.2) is 0 Å². The van der Waals surface area contributed by atoms with Gasteiger partial charge in [0.05, 0.1) is 17.7 Å². The molecule has 30 heavy (non-hydrogen) atoms. The number of rotatable bonds is 6. The lowest BCUT2D eigenvalue weighted by Crippen LogP contribution is -2.07. The molecule has 6 nitrogen and oxygen atoms in total. The maximum atomic E-state index is 12.7. The molecule has 0 spiro atoms. The van der Waals surface area contributed by atoms with Gasteiger partial charge in [-0.2, -0.15) is 0 Å². The first-order valence-electron chi connectivity index (χ1n) is 9.23. The summed E-state index contributed by atoms with van der Waals surface area (Å²) in [5, 5.41) is 14.4. The number of carbonyl (C=O) groups excluding carboxylic acids is 1. The molecule has 2 aromatic heterocycles. The number of phenolic OH excluding ortho intramolecular Hbond substituents is 1. The number of hydrogen-bond acceptors (Lipinski definition) is 7. The highest BCUT2D eigenvalue weighted by molar-refractivity contribution is 7.20. The van der Waals surface area contributed by atoms with Crippen molar-refractivity contribution in [3.05, 3.63) is 75.9 Å². The Morgan fingerprint density at radius 3 is 2.80 bits per heavy atom. The van der Waals surface area contributed by atoms with Crippen LogP contribution in [0, 0.1) is 6.92 Å². The van der Waals surface area contributed by atoms with Crippen LogP contribution in [-0.2, 0) is 11.2 Å². The van der Waals surface area contributed by atoms with Crippen LogP contribution in [0.1, 0.15) is 20.8 Å². The third kappa shape index (κ3) is 4.22. The van der Waals surface area contributed by atoms with Crippen molar-refractivity contribution in [2.75, 3.05) is 11.9 Å². The van der Waals surface area contributed by atoms with Gasteiger partial charge in [0.25, 0.3) is 0 Å². The maximum Gasteiger partial charge on any atom is 0.348 e. The average Bonchev–Trinajstić information content (AvgIpc) is 3.09. The van der Waals surface area contributed by atoms with E-state index in [1.807, 2.05) is 37.3 Å². The Balaban J connectivity index is 1.57. The van der Waals surface area contributed by atoms with Crippen molar-refractivity contribution in [1.29, 1.82) is 0 Å². The molecule has 4 rings (SSSR count). The first kappa shape index (κ1) is 20.1. The van der Waals surface area contributed by atoms with E-state index in [9.17, 15) is 9.90 Å². The summed E-state index contributed by atoms with van der Waals surface area (Å²) < 4.78 is 5.48. The number of thiophene rings is 1. The van der Waals surface area contributed by atoms with Gasteiger partial charge in [0, 0.05) is 11.4 Å². The Morgan fingerprint density at radius 1 is 1.20 bits per heavy atom. The van der Waals surface area contributed by atoms with Crippen molar-refractivity contribution in [3.63, 3.8) is 0 Å². The molecule has 0 radical (unpaired) electrons. The van der Waals surface area contributed by atoms with Gasteiger partial charge in [-0.05, 0) is 36.2 Å². The summed E-state index contributed by atoms with van der Waals surface area (Å²) >= 11 is 7.28. The molecule has 0 atom stereocenters. The summed E-state index contributed by atoms with van der Waals surface area (Å²) in [7, 11) is 0. The molecular formula is C22H18ClN3O3S. The summed E-state index contributed by atoms with van der Waals surface area (Å²) in [5.41, 5.74) is 2.25. The predicted octanol–water partition coefficient (Wildman–Crippen LogP) is 5.50. The summed E-state index contributed by atoms with van der Waals surface area (Å²) in [5.74, 6) is 0.136. The minimum absolute atomic E-state index is 0.0413. The van der Waals surface area contributed by atoms with Crippen molar-refractivity contribution < 1.29 is 14.6 Å². The van der Waals surface area contributed by atoms with Crippen LogP contribution in [0.4, 0.5) is 11.5 Å². The fourth-order valence-corrected chi connectivity index (χ4v) is 4.28. The van der Waals surface area contributed by atoms with Gasteiger partial charge < -0.3 is 15.2 Å². The summed E-state index contributed by atoms with van der Waals surface area (Å²) in [6.07, 6.45) is 2.06. The third-order valence-electron chi connectivity index (χ3n) is 4.59. The minimum atomic E-state index is -0.386. The number of phenols is 1. The van der Waals surface area contributed by atoms with Crippen LogP contribution in [0.2, 0.25) is 5.02 Å². The number of aryl methyl sites for hydroxylation is 1. The fraction of sp³-hybridized carbons (Fsp3) is 0.136. The van der Waals surface area contributed by atoms with Gasteiger partial charge in [0.1, 0.15) is 27.6 Å². The van der Waals surface area contributed by atoms with E-state index in [4.69, 9.17) is 16.3 Å². The van der Waals surface area contributed by atoms with E-state index in [0.29, 0.717) is 44.6 Å². The minimum Gasteiger partial charge on any atom is -0.506 e. The first-order valence-corrected chi connectivity index (χ1v) is 10.4. The maximum absolute atomic E-state index is 12.7. The van der Waals surface area contributed by atoms with E-state index >= 15 is 0 Å². The Labute approximate surface area is 182 Å². The number of nitrogens with one attached hydrogen (secondary N) is 1. The molecule has 2 heterocycles. The van der Waals surface area contributed by atoms with Crippen molar-refractivity contribution in [3.8, 4) is 5.75 Å². The lowest BCUT2D eigenvalue weighted by Gasteiger charge is -2.09. The smallest absolute Gasteiger partial charge is 0.348 e. The summed E-state index contributed by atoms with van der Waals surface area (Å²) in [6.45, 7) is 2.13. The monoisotopic (exact) mass is 439 g/mol. The highest BCUT2D eigenvalue weighted by Crippen LogP contribution is 2.36. The SMILES string of the molecule is Cc1c(C(=O)OCCc2ccccc2)sc2ncnc(Nc3cc(Cl)ccc3O)c12. The molecular weight excluding hydrogens is 422 g/mol. The number of hydrogen-bond donors (Lipinski definition) is 2. The molecule has 2 aromatic carbocycles. The molecule has 0 amide bonds. The van der Waals surface area contributed by atoms with Crippen LogP contribution in [-0.4, -0.2) is 27.7 Å². The molecule has 0 aliphatic rings. The highest BCUT2D eigenvalue weighted by Gasteiger charge is 2.21. The first-order chi connectivity index (χ1) is 14.5. The molecule has 0 unspecified atom stereocenters. The van der Waals surface area contributed by atoms with Gasteiger partial charge in [0.2, 0.25) is 0 Å². The van der Waals surface area contributed by atoms with Crippen LogP contribution < -0.4 is 5.32 Å². The van der Waals surface area contributed by atoms with E-state index in [-0.39, 0.29) is 11.7 Å². The predicted molar refractivity (Wildman–Crippen MR) is 119 cm³/mol. The number of anilines is 2. The molecule has 0 saturated heterocycles. The number of nitrogens with zero attached hydrogens (tertiary/aromatic N) is 2. The summed E-state index contributed by atoms with van der Waals surface area (Å²) in [4.78, 5) is 22.4. The number of esters is 1. The average molecular weight is 440 g/mol. The van der Waals surface area contributed by atoms with E-state index in [1.165, 1.54) is 23.7 Å². The normalized spacial score (nSPS) is 10.9. The Bertz CT molecular complexity index is 1210. The lowest BCUT2D eigenvalue weighted by atomic mass is 10.2. The number of benzene rings is 2. The zero-order valence-electron chi connectivity index (χ0n) is 16.1. The van der Waals surface area contributed by atoms with E-state index < -0.39 is 0 Å². The van der Waals surface area contributed by atoms with E-state index in [0.717, 1.165) is 11.1 Å². The number of aromatic nitrogens is 2. The van der Waals surface area contributed by atoms with Crippen molar-refractivity contribution in [2.24, 2.45) is 0 Å². The van der Waals surface area contributed by atoms with Crippen LogP contribution in [0.25, 0.3) is 10.2 Å². The molecule has 0 aliphatic carbocycles. The largest absolute Gasteiger partial charge is 0.506 e. The lowest BCUT2D eigenvalue weighted by molar-refractivity contribution is 0.0514. The number of halogens is 1. The highest BCUT2D eigenvalue weighted by atomic mass is 35.5. The molecule has 2 N–H and O–H groups in total. The van der Waals surface area contributed by atoms with Crippen molar-refractivity contribution in [2.45, 2.75) is 13.3 Å². The Kier molecular flexibility index (Phi) is 5.83. The topological polar surface area (TPSA) is 84.3 Å². The molecule has 8 heteroatoms. The summed E-state index contributed by atoms with van der Waals surface area (Å²) in [6, 6.07) is 14.6. The van der Waals surface area contributed by atoms with Gasteiger partial charge in [-0.1, -0.05) is 41.9 Å². The standard InChI is InChI=1S/C22H18ClN3O3S/c1-13-18-20(26-16-11-15(23)7-8-17(16)27)24-12-25-21(18)30-19(13)22(28)29-10-9-14-5-3-2-4-6-14/h2-8,11-12,27H,9-10H2,1H3,(H,24,25,26). The van der Waals surface area contributed by atoms with Crippen LogP contribution >= 0.6 is 22.9 Å². The van der Waals surface area contributed by atoms with Gasteiger partial charge in [-0.15, -0.1) is 11.3 Å².